The molecule has 1 fully saturated rings. The summed E-state index contributed by atoms with van der Waals surface area (Å²) in [7, 11) is 3.85. The maximum atomic E-state index is 12.8. The molecule has 4 heteroatoms. The van der Waals surface area contributed by atoms with Crippen LogP contribution < -0.4 is 10.2 Å². The van der Waals surface area contributed by atoms with Gasteiger partial charge in [0.25, 0.3) is 5.91 Å². The van der Waals surface area contributed by atoms with Gasteiger partial charge in [-0.25, -0.2) is 4.98 Å². The molecule has 2 aromatic rings. The smallest absolute Gasteiger partial charge is 0.251 e. The number of carbonyl (C=O) groups excluding carboxylic acids is 1. The van der Waals surface area contributed by atoms with Crippen molar-refractivity contribution in [2.45, 2.75) is 31.7 Å². The van der Waals surface area contributed by atoms with Crippen LogP contribution in [0.2, 0.25) is 0 Å². The van der Waals surface area contributed by atoms with Crippen molar-refractivity contribution >= 4 is 11.7 Å². The number of anilines is 1. The molecule has 126 valence electrons. The quantitative estimate of drug-likeness (QED) is 0.910. The van der Waals surface area contributed by atoms with Gasteiger partial charge in [0.15, 0.2) is 0 Å². The summed E-state index contributed by atoms with van der Waals surface area (Å²) in [5, 5.41) is 3.27. The van der Waals surface area contributed by atoms with E-state index in [-0.39, 0.29) is 11.9 Å². The van der Waals surface area contributed by atoms with Crippen molar-refractivity contribution in [2.75, 3.05) is 19.0 Å². The second-order valence-electron chi connectivity index (χ2n) is 6.70. The van der Waals surface area contributed by atoms with Gasteiger partial charge in [-0.1, -0.05) is 43.2 Å². The number of hydrogen-bond acceptors (Lipinski definition) is 3. The number of nitrogens with one attached hydrogen (secondary N) is 1. The summed E-state index contributed by atoms with van der Waals surface area (Å²) in [5.41, 5.74) is 1.85. The Labute approximate surface area is 143 Å². The molecule has 1 atom stereocenters. The van der Waals surface area contributed by atoms with E-state index < -0.39 is 0 Å². The lowest BCUT2D eigenvalue weighted by atomic mass is 9.91. The highest BCUT2D eigenvalue weighted by atomic mass is 16.1. The van der Waals surface area contributed by atoms with Crippen molar-refractivity contribution in [3.8, 4) is 0 Å². The Bertz CT molecular complexity index is 678. The monoisotopic (exact) mass is 323 g/mol. The second kappa shape index (κ2) is 7.47. The minimum absolute atomic E-state index is 0.0266. The molecule has 1 amide bonds. The standard InChI is InChI=1S/C20H25N3O/c1-23(2)18-14-17(12-13-21-18)20(24)22-19(16-10-6-7-11-16)15-8-4-3-5-9-15/h3-5,8-9,12-14,16,19H,6-7,10-11H2,1-2H3,(H,22,24)/t19-/m0/s1. The minimum atomic E-state index is -0.0266. The third-order valence-electron chi connectivity index (χ3n) is 4.78. The fourth-order valence-corrected chi connectivity index (χ4v) is 3.45. The van der Waals surface area contributed by atoms with Crippen LogP contribution in [0.25, 0.3) is 0 Å². The van der Waals surface area contributed by atoms with Crippen LogP contribution in [0, 0.1) is 5.92 Å². The first-order valence-corrected chi connectivity index (χ1v) is 8.64. The highest BCUT2D eigenvalue weighted by Crippen LogP contribution is 2.35. The van der Waals surface area contributed by atoms with Crippen molar-refractivity contribution in [2.24, 2.45) is 5.92 Å². The summed E-state index contributed by atoms with van der Waals surface area (Å²) in [6.45, 7) is 0. The lowest BCUT2D eigenvalue weighted by Crippen LogP contribution is -2.32. The van der Waals surface area contributed by atoms with E-state index in [1.165, 1.54) is 31.2 Å². The van der Waals surface area contributed by atoms with E-state index in [2.05, 4.69) is 22.4 Å². The molecule has 1 N–H and O–H groups in total. The maximum absolute atomic E-state index is 12.8. The molecular weight excluding hydrogens is 298 g/mol. The van der Waals surface area contributed by atoms with Crippen molar-refractivity contribution in [3.63, 3.8) is 0 Å². The van der Waals surface area contributed by atoms with Crippen molar-refractivity contribution in [1.29, 1.82) is 0 Å². The van der Waals surface area contributed by atoms with Gasteiger partial charge in [0.05, 0.1) is 6.04 Å². The molecule has 1 saturated carbocycles. The van der Waals surface area contributed by atoms with E-state index in [9.17, 15) is 4.79 Å². The van der Waals surface area contributed by atoms with E-state index in [0.717, 1.165) is 5.82 Å². The molecule has 4 nitrogen and oxygen atoms in total. The molecule has 1 heterocycles. The highest BCUT2D eigenvalue weighted by molar-refractivity contribution is 5.95. The molecule has 0 aliphatic heterocycles. The normalized spacial score (nSPS) is 15.9. The lowest BCUT2D eigenvalue weighted by molar-refractivity contribution is 0.0921. The van der Waals surface area contributed by atoms with Crippen LogP contribution in [0.1, 0.15) is 47.6 Å². The van der Waals surface area contributed by atoms with Gasteiger partial charge in [0, 0.05) is 25.9 Å². The van der Waals surface area contributed by atoms with E-state index in [1.54, 1.807) is 12.3 Å². The number of carbonyl (C=O) groups is 1. The van der Waals surface area contributed by atoms with Gasteiger partial charge in [-0.3, -0.25) is 4.79 Å². The molecule has 3 rings (SSSR count). The average Bonchev–Trinajstić information content (AvgIpc) is 3.14. The summed E-state index contributed by atoms with van der Waals surface area (Å²) in [4.78, 5) is 19.0. The molecular formula is C20H25N3O. The average molecular weight is 323 g/mol. The number of pyridine rings is 1. The SMILES string of the molecule is CN(C)c1cc(C(=O)N[C@@H](c2ccccc2)C2CCCC2)ccn1. The summed E-state index contributed by atoms with van der Waals surface area (Å²) in [5.74, 6) is 1.28. The fourth-order valence-electron chi connectivity index (χ4n) is 3.45. The van der Waals surface area contributed by atoms with Crippen molar-refractivity contribution in [3.05, 3.63) is 59.8 Å². The van der Waals surface area contributed by atoms with Crippen LogP contribution in [0.4, 0.5) is 5.82 Å². The Hall–Kier alpha value is -2.36. The third-order valence-corrected chi connectivity index (χ3v) is 4.78. The van der Waals surface area contributed by atoms with Gasteiger partial charge >= 0.3 is 0 Å². The van der Waals surface area contributed by atoms with Gasteiger partial charge in [-0.15, -0.1) is 0 Å². The summed E-state index contributed by atoms with van der Waals surface area (Å²) in [6, 6.07) is 14.0. The first kappa shape index (κ1) is 16.5. The van der Waals surface area contributed by atoms with Gasteiger partial charge in [-0.2, -0.15) is 0 Å². The Morgan fingerprint density at radius 2 is 1.88 bits per heavy atom. The third kappa shape index (κ3) is 3.75. The van der Waals surface area contributed by atoms with E-state index in [4.69, 9.17) is 0 Å². The van der Waals surface area contributed by atoms with E-state index in [1.807, 2.05) is 43.3 Å². The molecule has 1 aliphatic rings. The zero-order chi connectivity index (χ0) is 16.9. The number of nitrogens with zero attached hydrogens (tertiary/aromatic N) is 2. The predicted octanol–water partition coefficient (Wildman–Crippen LogP) is 3.81. The maximum Gasteiger partial charge on any atom is 0.251 e. The predicted molar refractivity (Wildman–Crippen MR) is 97.2 cm³/mol. The number of benzene rings is 1. The molecule has 1 aromatic carbocycles. The Kier molecular flexibility index (Phi) is 5.14. The Balaban J connectivity index is 1.82. The van der Waals surface area contributed by atoms with Crippen LogP contribution in [0.3, 0.4) is 0 Å². The van der Waals surface area contributed by atoms with Gasteiger partial charge in [0.1, 0.15) is 5.82 Å². The van der Waals surface area contributed by atoms with Crippen LogP contribution >= 0.6 is 0 Å². The highest BCUT2D eigenvalue weighted by Gasteiger charge is 2.28. The van der Waals surface area contributed by atoms with Crippen LogP contribution in [0.15, 0.2) is 48.7 Å². The van der Waals surface area contributed by atoms with Crippen LogP contribution in [-0.4, -0.2) is 25.0 Å². The zero-order valence-electron chi connectivity index (χ0n) is 14.4. The number of rotatable bonds is 5. The number of aromatic nitrogens is 1. The molecule has 1 aliphatic carbocycles. The first-order chi connectivity index (χ1) is 11.6. The molecule has 24 heavy (non-hydrogen) atoms. The van der Waals surface area contributed by atoms with Gasteiger partial charge in [0.2, 0.25) is 0 Å². The molecule has 0 saturated heterocycles. The van der Waals surface area contributed by atoms with Crippen LogP contribution in [-0.2, 0) is 0 Å². The van der Waals surface area contributed by atoms with Crippen LogP contribution in [0.5, 0.6) is 0 Å². The van der Waals surface area contributed by atoms with E-state index >= 15 is 0 Å². The van der Waals surface area contributed by atoms with Crippen molar-refractivity contribution < 1.29 is 4.79 Å². The zero-order valence-corrected chi connectivity index (χ0v) is 14.4. The number of hydrogen-bond donors (Lipinski definition) is 1. The largest absolute Gasteiger partial charge is 0.363 e. The summed E-state index contributed by atoms with van der Waals surface area (Å²) < 4.78 is 0. The topological polar surface area (TPSA) is 45.2 Å². The lowest BCUT2D eigenvalue weighted by Gasteiger charge is -2.25. The number of amides is 1. The molecule has 0 bridgehead atoms. The van der Waals surface area contributed by atoms with Gasteiger partial charge in [-0.05, 0) is 36.5 Å². The molecule has 0 radical (unpaired) electrons. The fraction of sp³-hybridized carbons (Fsp3) is 0.400. The Morgan fingerprint density at radius 1 is 1.17 bits per heavy atom. The second-order valence-corrected chi connectivity index (χ2v) is 6.70. The molecule has 0 unspecified atom stereocenters. The Morgan fingerprint density at radius 3 is 2.54 bits per heavy atom. The van der Waals surface area contributed by atoms with Crippen molar-refractivity contribution in [1.82, 2.24) is 10.3 Å². The summed E-state index contributed by atoms with van der Waals surface area (Å²) >= 11 is 0. The summed E-state index contributed by atoms with van der Waals surface area (Å²) in [6.07, 6.45) is 6.56. The van der Waals surface area contributed by atoms with E-state index in [0.29, 0.717) is 11.5 Å². The molecule has 1 aromatic heterocycles. The minimum Gasteiger partial charge on any atom is -0.363 e. The van der Waals surface area contributed by atoms with Gasteiger partial charge < -0.3 is 10.2 Å². The molecule has 0 spiro atoms. The first-order valence-electron chi connectivity index (χ1n) is 8.64.